The van der Waals surface area contributed by atoms with Crippen LogP contribution in [0.5, 0.6) is 0 Å². The Morgan fingerprint density at radius 2 is 2.06 bits per heavy atom. The maximum Gasteiger partial charge on any atom is 0.0320 e. The molecule has 0 amide bonds. The minimum atomic E-state index is 0.582. The topological polar surface area (TPSA) is 3.24 Å². The Morgan fingerprint density at radius 1 is 1.29 bits per heavy atom. The summed E-state index contributed by atoms with van der Waals surface area (Å²) < 4.78 is 0. The van der Waals surface area contributed by atoms with E-state index in [0.29, 0.717) is 11.5 Å². The molecule has 1 saturated heterocycles. The molecule has 1 unspecified atom stereocenters. The third kappa shape index (κ3) is 1.91. The van der Waals surface area contributed by atoms with E-state index in [4.69, 9.17) is 0 Å². The first-order chi connectivity index (χ1) is 8.19. The molecule has 92 valence electrons. The molecule has 1 saturated carbocycles. The summed E-state index contributed by atoms with van der Waals surface area (Å²) in [5, 5.41) is 0. The maximum absolute atomic E-state index is 2.69. The van der Waals surface area contributed by atoms with Crippen LogP contribution in [-0.4, -0.2) is 18.0 Å². The first-order valence-electron chi connectivity index (χ1n) is 6.98. The Balaban J connectivity index is 1.75. The van der Waals surface area contributed by atoms with Crippen LogP contribution >= 0.6 is 0 Å². The van der Waals surface area contributed by atoms with Crippen LogP contribution in [0.1, 0.15) is 44.7 Å². The Labute approximate surface area is 105 Å². The number of hydrogen-bond acceptors (Lipinski definition) is 1. The Bertz CT molecular complexity index is 386. The van der Waals surface area contributed by atoms with Gasteiger partial charge in [-0.1, -0.05) is 43.7 Å². The van der Waals surface area contributed by atoms with Crippen LogP contribution in [0, 0.1) is 11.3 Å². The summed E-state index contributed by atoms with van der Waals surface area (Å²) in [4.78, 5) is 2.69. The van der Waals surface area contributed by atoms with Gasteiger partial charge in [-0.2, -0.15) is 0 Å². The highest BCUT2D eigenvalue weighted by Crippen LogP contribution is 2.49. The quantitative estimate of drug-likeness (QED) is 0.744. The van der Waals surface area contributed by atoms with Crippen molar-refractivity contribution < 1.29 is 0 Å². The number of nitrogens with zero attached hydrogens (tertiary/aromatic N) is 1. The van der Waals surface area contributed by atoms with Crippen molar-refractivity contribution in [1.82, 2.24) is 4.90 Å². The van der Waals surface area contributed by atoms with Gasteiger partial charge >= 0.3 is 0 Å². The number of likely N-dealkylation sites (tertiary alicyclic amines) is 1. The van der Waals surface area contributed by atoms with Crippen LogP contribution < -0.4 is 0 Å². The third-order valence-corrected chi connectivity index (χ3v) is 5.13. The van der Waals surface area contributed by atoms with Crippen molar-refractivity contribution in [2.45, 2.75) is 39.2 Å². The molecule has 1 aliphatic carbocycles. The Kier molecular flexibility index (Phi) is 2.74. The summed E-state index contributed by atoms with van der Waals surface area (Å²) in [5.41, 5.74) is 2.08. The first-order valence-corrected chi connectivity index (χ1v) is 6.98. The number of hydrogen-bond donors (Lipinski definition) is 0. The van der Waals surface area contributed by atoms with Gasteiger partial charge in [0, 0.05) is 19.1 Å². The molecule has 1 aliphatic heterocycles. The molecule has 1 heteroatoms. The predicted molar refractivity (Wildman–Crippen MR) is 71.9 cm³/mol. The van der Waals surface area contributed by atoms with Crippen molar-refractivity contribution in [3.63, 3.8) is 0 Å². The fraction of sp³-hybridized carbons (Fsp3) is 0.625. The molecule has 2 fully saturated rings. The van der Waals surface area contributed by atoms with Crippen molar-refractivity contribution in [1.29, 1.82) is 0 Å². The minimum Gasteiger partial charge on any atom is -0.296 e. The highest BCUT2D eigenvalue weighted by molar-refractivity contribution is 5.19. The van der Waals surface area contributed by atoms with Gasteiger partial charge in [0.05, 0.1) is 0 Å². The fourth-order valence-corrected chi connectivity index (χ4v) is 3.87. The molecule has 1 heterocycles. The van der Waals surface area contributed by atoms with E-state index in [1.54, 1.807) is 0 Å². The Morgan fingerprint density at radius 3 is 2.76 bits per heavy atom. The normalized spacial score (nSPS) is 34.8. The standard InChI is InChI=1S/C16H23N/c1-13(14-7-4-3-5-8-14)17-11-15-9-6-10-16(15,2)12-17/h3-5,7-8,13,15H,6,9-12H2,1-2H3/t13-,15?,16-/m1/s1. The van der Waals surface area contributed by atoms with Gasteiger partial charge < -0.3 is 0 Å². The summed E-state index contributed by atoms with van der Waals surface area (Å²) in [6.45, 7) is 7.47. The zero-order valence-corrected chi connectivity index (χ0v) is 11.0. The van der Waals surface area contributed by atoms with Crippen LogP contribution in [0.3, 0.4) is 0 Å². The van der Waals surface area contributed by atoms with Gasteiger partial charge in [-0.25, -0.2) is 0 Å². The van der Waals surface area contributed by atoms with Crippen LogP contribution in [0.15, 0.2) is 30.3 Å². The molecule has 1 aromatic carbocycles. The number of fused-ring (bicyclic) bond motifs is 1. The lowest BCUT2D eigenvalue weighted by Crippen LogP contribution is -2.27. The van der Waals surface area contributed by atoms with Crippen LogP contribution in [0.25, 0.3) is 0 Å². The molecular weight excluding hydrogens is 206 g/mol. The van der Waals surface area contributed by atoms with E-state index in [0.717, 1.165) is 5.92 Å². The molecule has 3 atom stereocenters. The minimum absolute atomic E-state index is 0.582. The zero-order chi connectivity index (χ0) is 11.9. The van der Waals surface area contributed by atoms with Crippen molar-refractivity contribution >= 4 is 0 Å². The van der Waals surface area contributed by atoms with Gasteiger partial charge in [0.2, 0.25) is 0 Å². The molecule has 1 nitrogen and oxygen atoms in total. The van der Waals surface area contributed by atoms with E-state index in [9.17, 15) is 0 Å². The molecule has 0 N–H and O–H groups in total. The lowest BCUT2D eigenvalue weighted by atomic mass is 9.83. The lowest BCUT2D eigenvalue weighted by Gasteiger charge is -2.27. The summed E-state index contributed by atoms with van der Waals surface area (Å²) in [5.74, 6) is 0.952. The average Bonchev–Trinajstić information content (AvgIpc) is 2.84. The van der Waals surface area contributed by atoms with Gasteiger partial charge in [-0.3, -0.25) is 4.90 Å². The Hall–Kier alpha value is -0.820. The van der Waals surface area contributed by atoms with Crippen LogP contribution in [-0.2, 0) is 0 Å². The van der Waals surface area contributed by atoms with Crippen molar-refractivity contribution in [3.8, 4) is 0 Å². The van der Waals surface area contributed by atoms with Crippen LogP contribution in [0.4, 0.5) is 0 Å². The maximum atomic E-state index is 2.69. The van der Waals surface area contributed by atoms with E-state index < -0.39 is 0 Å². The van der Waals surface area contributed by atoms with Gasteiger partial charge in [0.25, 0.3) is 0 Å². The van der Waals surface area contributed by atoms with Gasteiger partial charge in [0.1, 0.15) is 0 Å². The second kappa shape index (κ2) is 4.13. The summed E-state index contributed by atoms with van der Waals surface area (Å²) in [6, 6.07) is 11.5. The molecule has 17 heavy (non-hydrogen) atoms. The SMILES string of the molecule is C[C@H](c1ccccc1)N1CC2CCC[C@]2(C)C1. The molecule has 2 aliphatic rings. The van der Waals surface area contributed by atoms with E-state index in [1.165, 1.54) is 37.9 Å². The molecule has 0 aromatic heterocycles. The van der Waals surface area contributed by atoms with E-state index in [1.807, 2.05) is 0 Å². The van der Waals surface area contributed by atoms with Crippen molar-refractivity contribution in [2.75, 3.05) is 13.1 Å². The molecule has 0 radical (unpaired) electrons. The van der Waals surface area contributed by atoms with Crippen molar-refractivity contribution in [2.24, 2.45) is 11.3 Å². The second-order valence-corrected chi connectivity index (χ2v) is 6.26. The van der Waals surface area contributed by atoms with Gasteiger partial charge in [-0.05, 0) is 36.7 Å². The second-order valence-electron chi connectivity index (χ2n) is 6.26. The van der Waals surface area contributed by atoms with Gasteiger partial charge in [-0.15, -0.1) is 0 Å². The predicted octanol–water partition coefficient (Wildman–Crippen LogP) is 3.87. The average molecular weight is 229 g/mol. The largest absolute Gasteiger partial charge is 0.296 e. The molecule has 1 aromatic rings. The monoisotopic (exact) mass is 229 g/mol. The number of rotatable bonds is 2. The number of benzene rings is 1. The van der Waals surface area contributed by atoms with E-state index in [-0.39, 0.29) is 0 Å². The molecular formula is C16H23N. The summed E-state index contributed by atoms with van der Waals surface area (Å²) in [7, 11) is 0. The van der Waals surface area contributed by atoms with Gasteiger partial charge in [0.15, 0.2) is 0 Å². The van der Waals surface area contributed by atoms with Crippen molar-refractivity contribution in [3.05, 3.63) is 35.9 Å². The highest BCUT2D eigenvalue weighted by Gasteiger charge is 2.46. The molecule has 0 spiro atoms. The zero-order valence-electron chi connectivity index (χ0n) is 11.0. The van der Waals surface area contributed by atoms with E-state index in [2.05, 4.69) is 49.1 Å². The highest BCUT2D eigenvalue weighted by atomic mass is 15.2. The summed E-state index contributed by atoms with van der Waals surface area (Å²) >= 11 is 0. The fourth-order valence-electron chi connectivity index (χ4n) is 3.87. The van der Waals surface area contributed by atoms with Crippen LogP contribution in [0.2, 0.25) is 0 Å². The first kappa shape index (κ1) is 11.3. The molecule has 3 rings (SSSR count). The smallest absolute Gasteiger partial charge is 0.0320 e. The third-order valence-electron chi connectivity index (χ3n) is 5.13. The van der Waals surface area contributed by atoms with E-state index >= 15 is 0 Å². The molecule has 0 bridgehead atoms. The lowest BCUT2D eigenvalue weighted by molar-refractivity contribution is 0.220. The summed E-state index contributed by atoms with van der Waals surface area (Å²) in [6.07, 6.45) is 4.35.